The van der Waals surface area contributed by atoms with Crippen molar-refractivity contribution in [1.29, 1.82) is 0 Å². The van der Waals surface area contributed by atoms with Gasteiger partial charge in [-0.15, -0.1) is 0 Å². The van der Waals surface area contributed by atoms with Crippen LogP contribution in [0.25, 0.3) is 0 Å². The Morgan fingerprint density at radius 3 is 2.95 bits per heavy atom. The van der Waals surface area contributed by atoms with Crippen molar-refractivity contribution in [2.75, 3.05) is 32.8 Å². The summed E-state index contributed by atoms with van der Waals surface area (Å²) in [6.45, 7) is 3.82. The second-order valence-electron chi connectivity index (χ2n) is 5.73. The fraction of sp³-hybridized carbons (Fsp3) is 0.857. The van der Waals surface area contributed by atoms with Crippen LogP contribution in [0, 0.1) is 0 Å². The van der Waals surface area contributed by atoms with E-state index in [0.29, 0.717) is 32.0 Å². The maximum absolute atomic E-state index is 11.6. The molecule has 0 aromatic rings. The third-order valence-corrected chi connectivity index (χ3v) is 4.05. The van der Waals surface area contributed by atoms with Crippen molar-refractivity contribution >= 4 is 12.0 Å². The van der Waals surface area contributed by atoms with Crippen LogP contribution in [-0.2, 0) is 9.53 Å². The van der Waals surface area contributed by atoms with Crippen molar-refractivity contribution in [2.45, 2.75) is 44.2 Å². The smallest absolute Gasteiger partial charge is 0.314 e. The molecule has 2 atom stereocenters. The summed E-state index contributed by atoms with van der Waals surface area (Å²) >= 11 is 0. The molecule has 2 heterocycles. The molecule has 2 aliphatic rings. The number of aliphatic carboxylic acids is 1. The lowest BCUT2D eigenvalue weighted by Gasteiger charge is -2.35. The standard InChI is InChI=1S/C14H25N3O4/c18-13(19)5-1-2-6-15-14(20)16-8-12-9-17-7-3-4-11(17)10-21-12/h11-12H,1-10H2,(H,18,19)(H2,15,16,20). The van der Waals surface area contributed by atoms with E-state index >= 15 is 0 Å². The van der Waals surface area contributed by atoms with E-state index in [-0.39, 0.29) is 18.6 Å². The summed E-state index contributed by atoms with van der Waals surface area (Å²) in [6.07, 6.45) is 3.93. The van der Waals surface area contributed by atoms with E-state index in [0.717, 1.165) is 19.7 Å². The minimum atomic E-state index is -0.797. The van der Waals surface area contributed by atoms with E-state index in [1.807, 2.05) is 0 Å². The number of carboxylic acid groups (broad SMARTS) is 1. The molecule has 0 aliphatic carbocycles. The number of rotatable bonds is 7. The van der Waals surface area contributed by atoms with Crippen LogP contribution in [0.3, 0.4) is 0 Å². The molecule has 2 aliphatic heterocycles. The molecular formula is C14H25N3O4. The van der Waals surface area contributed by atoms with Crippen molar-refractivity contribution in [3.63, 3.8) is 0 Å². The molecule has 2 fully saturated rings. The lowest BCUT2D eigenvalue weighted by molar-refractivity contribution is -0.137. The van der Waals surface area contributed by atoms with Gasteiger partial charge in [0.05, 0.1) is 12.7 Å². The van der Waals surface area contributed by atoms with Gasteiger partial charge >= 0.3 is 12.0 Å². The first-order valence-corrected chi connectivity index (χ1v) is 7.74. The third kappa shape index (κ3) is 5.51. The van der Waals surface area contributed by atoms with Crippen LogP contribution < -0.4 is 10.6 Å². The summed E-state index contributed by atoms with van der Waals surface area (Å²) in [5.74, 6) is -0.797. The molecular weight excluding hydrogens is 274 g/mol. The fourth-order valence-corrected chi connectivity index (χ4v) is 2.88. The van der Waals surface area contributed by atoms with Crippen molar-refractivity contribution in [3.05, 3.63) is 0 Å². The maximum Gasteiger partial charge on any atom is 0.314 e. The highest BCUT2D eigenvalue weighted by Crippen LogP contribution is 2.22. The molecule has 2 unspecified atom stereocenters. The van der Waals surface area contributed by atoms with Gasteiger partial charge in [-0.05, 0) is 32.2 Å². The third-order valence-electron chi connectivity index (χ3n) is 4.05. The Balaban J connectivity index is 1.51. The molecule has 0 radical (unpaired) electrons. The number of hydrogen-bond donors (Lipinski definition) is 3. The highest BCUT2D eigenvalue weighted by atomic mass is 16.5. The van der Waals surface area contributed by atoms with Gasteiger partial charge in [-0.25, -0.2) is 4.79 Å². The number of hydrogen-bond acceptors (Lipinski definition) is 4. The average molecular weight is 299 g/mol. The van der Waals surface area contributed by atoms with Crippen LogP contribution >= 0.6 is 0 Å². The maximum atomic E-state index is 11.6. The predicted octanol–water partition coefficient (Wildman–Crippen LogP) is 0.404. The van der Waals surface area contributed by atoms with E-state index in [4.69, 9.17) is 9.84 Å². The zero-order chi connectivity index (χ0) is 15.1. The van der Waals surface area contributed by atoms with Gasteiger partial charge in [0.1, 0.15) is 0 Å². The van der Waals surface area contributed by atoms with Gasteiger partial charge < -0.3 is 20.5 Å². The van der Waals surface area contributed by atoms with Crippen molar-refractivity contribution < 1.29 is 19.4 Å². The predicted molar refractivity (Wildman–Crippen MR) is 77.2 cm³/mol. The molecule has 2 amide bonds. The average Bonchev–Trinajstić information content (AvgIpc) is 2.92. The zero-order valence-electron chi connectivity index (χ0n) is 12.3. The lowest BCUT2D eigenvalue weighted by atomic mass is 10.2. The highest BCUT2D eigenvalue weighted by molar-refractivity contribution is 5.73. The summed E-state index contributed by atoms with van der Waals surface area (Å²) in [7, 11) is 0. The molecule has 3 N–H and O–H groups in total. The summed E-state index contributed by atoms with van der Waals surface area (Å²) in [5.41, 5.74) is 0. The minimum absolute atomic E-state index is 0.0668. The van der Waals surface area contributed by atoms with Gasteiger partial charge in [0, 0.05) is 32.1 Å². The van der Waals surface area contributed by atoms with Crippen molar-refractivity contribution in [3.8, 4) is 0 Å². The number of nitrogens with zero attached hydrogens (tertiary/aromatic N) is 1. The molecule has 7 heteroatoms. The lowest BCUT2D eigenvalue weighted by Crippen LogP contribution is -2.51. The second-order valence-corrected chi connectivity index (χ2v) is 5.73. The van der Waals surface area contributed by atoms with Crippen LogP contribution in [0.5, 0.6) is 0 Å². The van der Waals surface area contributed by atoms with Gasteiger partial charge in [0.2, 0.25) is 0 Å². The van der Waals surface area contributed by atoms with Crippen molar-refractivity contribution in [1.82, 2.24) is 15.5 Å². The first-order valence-electron chi connectivity index (χ1n) is 7.74. The van der Waals surface area contributed by atoms with Crippen LogP contribution in [0.15, 0.2) is 0 Å². The second kappa shape index (κ2) is 8.19. The normalized spacial score (nSPS) is 25.3. The van der Waals surface area contributed by atoms with Crippen molar-refractivity contribution in [2.24, 2.45) is 0 Å². The Morgan fingerprint density at radius 2 is 2.14 bits per heavy atom. The first-order chi connectivity index (χ1) is 10.1. The Kier molecular flexibility index (Phi) is 6.25. The molecule has 0 aromatic heterocycles. The number of fused-ring (bicyclic) bond motifs is 1. The number of unbranched alkanes of at least 4 members (excludes halogenated alkanes) is 1. The van der Waals surface area contributed by atoms with Crippen LogP contribution in [0.2, 0.25) is 0 Å². The van der Waals surface area contributed by atoms with Gasteiger partial charge in [-0.3, -0.25) is 9.69 Å². The number of carbonyl (C=O) groups is 2. The van der Waals surface area contributed by atoms with Crippen LogP contribution in [0.4, 0.5) is 4.79 Å². The molecule has 2 rings (SSSR count). The molecule has 0 spiro atoms. The molecule has 0 saturated carbocycles. The number of carboxylic acids is 1. The molecule has 0 bridgehead atoms. The van der Waals surface area contributed by atoms with E-state index < -0.39 is 5.97 Å². The SMILES string of the molecule is O=C(O)CCCCNC(=O)NCC1CN2CCCC2CO1. The zero-order valence-corrected chi connectivity index (χ0v) is 12.3. The Hall–Kier alpha value is -1.34. The number of ether oxygens (including phenoxy) is 1. The van der Waals surface area contributed by atoms with Crippen LogP contribution in [-0.4, -0.2) is 66.9 Å². The number of urea groups is 1. The quantitative estimate of drug-likeness (QED) is 0.592. The van der Waals surface area contributed by atoms with E-state index in [1.54, 1.807) is 0 Å². The number of amides is 2. The Morgan fingerprint density at radius 1 is 1.29 bits per heavy atom. The summed E-state index contributed by atoms with van der Waals surface area (Å²) < 4.78 is 5.76. The first kappa shape index (κ1) is 16.0. The largest absolute Gasteiger partial charge is 0.481 e. The summed E-state index contributed by atoms with van der Waals surface area (Å²) in [5, 5.41) is 14.0. The molecule has 120 valence electrons. The van der Waals surface area contributed by atoms with Crippen LogP contribution in [0.1, 0.15) is 32.1 Å². The number of morpholine rings is 1. The Labute approximate surface area is 125 Å². The molecule has 0 aromatic carbocycles. The monoisotopic (exact) mass is 299 g/mol. The van der Waals surface area contributed by atoms with Gasteiger partial charge in [-0.2, -0.15) is 0 Å². The molecule has 7 nitrogen and oxygen atoms in total. The fourth-order valence-electron chi connectivity index (χ4n) is 2.88. The summed E-state index contributed by atoms with van der Waals surface area (Å²) in [4.78, 5) is 24.4. The van der Waals surface area contributed by atoms with E-state index in [1.165, 1.54) is 12.8 Å². The number of nitrogens with one attached hydrogen (secondary N) is 2. The van der Waals surface area contributed by atoms with E-state index in [9.17, 15) is 9.59 Å². The minimum Gasteiger partial charge on any atom is -0.481 e. The van der Waals surface area contributed by atoms with Gasteiger partial charge in [0.25, 0.3) is 0 Å². The summed E-state index contributed by atoms with van der Waals surface area (Å²) in [6, 6.07) is 0.363. The van der Waals surface area contributed by atoms with E-state index in [2.05, 4.69) is 15.5 Å². The van der Waals surface area contributed by atoms with Gasteiger partial charge in [0.15, 0.2) is 0 Å². The molecule has 2 saturated heterocycles. The number of carbonyl (C=O) groups excluding carboxylic acids is 1. The highest BCUT2D eigenvalue weighted by Gasteiger charge is 2.32. The Bertz CT molecular complexity index is 364. The molecule has 21 heavy (non-hydrogen) atoms. The topological polar surface area (TPSA) is 90.9 Å². The van der Waals surface area contributed by atoms with Gasteiger partial charge in [-0.1, -0.05) is 0 Å².